The summed E-state index contributed by atoms with van der Waals surface area (Å²) in [5, 5.41) is 26.2. The van der Waals surface area contributed by atoms with Crippen LogP contribution in [0.2, 0.25) is 0 Å². The van der Waals surface area contributed by atoms with E-state index in [2.05, 4.69) is 10.5 Å². The van der Waals surface area contributed by atoms with Crippen molar-refractivity contribution < 1.29 is 14.6 Å². The largest absolute Gasteiger partial charge is 0.301 e. The number of carbonyl (C=O) groups is 1. The highest BCUT2D eigenvalue weighted by Gasteiger charge is 2.65. The lowest BCUT2D eigenvalue weighted by molar-refractivity contribution is -0.393. The number of carbonyl (C=O) groups excluding carboxylic acids is 1. The second-order valence-corrected chi connectivity index (χ2v) is 7.30. The number of anilines is 1. The van der Waals surface area contributed by atoms with Crippen LogP contribution in [0.3, 0.4) is 0 Å². The lowest BCUT2D eigenvalue weighted by atomic mass is 9.70. The highest BCUT2D eigenvalue weighted by atomic mass is 16.6. The quantitative estimate of drug-likeness (QED) is 0.658. The maximum absolute atomic E-state index is 12.6. The van der Waals surface area contributed by atoms with Crippen LogP contribution in [0.15, 0.2) is 23.3 Å². The molecule has 0 radical (unpaired) electrons. The molecule has 3 rings (SSSR count). The van der Waals surface area contributed by atoms with Crippen LogP contribution in [0, 0.1) is 37.0 Å². The number of nitrogens with zero attached hydrogens (tertiary/aromatic N) is 3. The number of nitro groups is 2. The maximum atomic E-state index is 12.6. The maximum Gasteiger partial charge on any atom is 0.301 e. The Hall–Kier alpha value is -2.84. The molecule has 2 fully saturated rings. The zero-order valence-electron chi connectivity index (χ0n) is 14.1. The molecule has 9 heteroatoms. The molecule has 0 spiro atoms. The van der Waals surface area contributed by atoms with Crippen molar-refractivity contribution in [2.45, 2.75) is 33.6 Å². The van der Waals surface area contributed by atoms with Crippen LogP contribution in [0.4, 0.5) is 17.1 Å². The Morgan fingerprint density at radius 2 is 1.88 bits per heavy atom. The van der Waals surface area contributed by atoms with Gasteiger partial charge in [-0.25, -0.2) is 0 Å². The zero-order valence-corrected chi connectivity index (χ0v) is 14.1. The molecule has 0 aliphatic heterocycles. The van der Waals surface area contributed by atoms with Gasteiger partial charge in [0.25, 0.3) is 5.69 Å². The summed E-state index contributed by atoms with van der Waals surface area (Å²) in [4.78, 5) is 33.1. The van der Waals surface area contributed by atoms with Crippen LogP contribution in [0.5, 0.6) is 0 Å². The van der Waals surface area contributed by atoms with Crippen LogP contribution in [0.25, 0.3) is 0 Å². The van der Waals surface area contributed by atoms with Gasteiger partial charge in [-0.2, -0.15) is 5.10 Å². The van der Waals surface area contributed by atoms with Crippen molar-refractivity contribution in [1.82, 2.24) is 0 Å². The molecular weight excluding hydrogens is 328 g/mol. The average molecular weight is 346 g/mol. The van der Waals surface area contributed by atoms with Gasteiger partial charge < -0.3 is 0 Å². The molecule has 0 saturated heterocycles. The van der Waals surface area contributed by atoms with E-state index < -0.39 is 20.9 Å². The van der Waals surface area contributed by atoms with Crippen molar-refractivity contribution in [1.29, 1.82) is 0 Å². The summed E-state index contributed by atoms with van der Waals surface area (Å²) in [6, 6.07) is 3.26. The Balaban J connectivity index is 1.97. The van der Waals surface area contributed by atoms with Crippen LogP contribution in [-0.2, 0) is 4.79 Å². The van der Waals surface area contributed by atoms with Gasteiger partial charge in [0, 0.05) is 17.4 Å². The molecule has 1 aromatic rings. The molecule has 132 valence electrons. The smallest absolute Gasteiger partial charge is 0.292 e. The molecule has 1 aromatic carbocycles. The van der Waals surface area contributed by atoms with E-state index in [9.17, 15) is 25.0 Å². The Morgan fingerprint density at radius 3 is 2.40 bits per heavy atom. The molecule has 2 aliphatic carbocycles. The van der Waals surface area contributed by atoms with Crippen molar-refractivity contribution in [2.75, 3.05) is 5.43 Å². The number of nitrogens with one attached hydrogen (secondary N) is 1. The Morgan fingerprint density at radius 1 is 1.20 bits per heavy atom. The van der Waals surface area contributed by atoms with Crippen molar-refractivity contribution in [3.8, 4) is 0 Å². The average Bonchev–Trinajstić information content (AvgIpc) is 2.84. The molecule has 2 aliphatic rings. The molecule has 2 saturated carbocycles. The summed E-state index contributed by atoms with van der Waals surface area (Å²) in [5.41, 5.74) is 1.54. The van der Waals surface area contributed by atoms with Gasteiger partial charge in [-0.15, -0.1) is 0 Å². The molecular formula is C16H18N4O5. The molecule has 0 unspecified atom stereocenters. The number of non-ortho nitro benzene ring substituents is 1. The van der Waals surface area contributed by atoms with E-state index in [1.807, 2.05) is 20.8 Å². The number of nitro benzene ring substituents is 2. The van der Waals surface area contributed by atoms with E-state index in [0.717, 1.165) is 25.0 Å². The Kier molecular flexibility index (Phi) is 3.63. The van der Waals surface area contributed by atoms with Gasteiger partial charge in [0.1, 0.15) is 11.4 Å². The summed E-state index contributed by atoms with van der Waals surface area (Å²) in [5.74, 6) is -0.124. The first-order valence-corrected chi connectivity index (χ1v) is 7.91. The van der Waals surface area contributed by atoms with E-state index in [1.165, 1.54) is 6.07 Å². The number of hydrogen-bond donors (Lipinski definition) is 1. The predicted octanol–water partition coefficient (Wildman–Crippen LogP) is 3.30. The lowest BCUT2D eigenvalue weighted by Gasteiger charge is -2.33. The zero-order chi connectivity index (χ0) is 18.6. The van der Waals surface area contributed by atoms with Crippen molar-refractivity contribution >= 4 is 28.6 Å². The van der Waals surface area contributed by atoms with Crippen LogP contribution in [-0.4, -0.2) is 21.3 Å². The van der Waals surface area contributed by atoms with E-state index in [4.69, 9.17) is 0 Å². The summed E-state index contributed by atoms with van der Waals surface area (Å²) >= 11 is 0. The topological polar surface area (TPSA) is 128 Å². The number of ketones is 1. The summed E-state index contributed by atoms with van der Waals surface area (Å²) < 4.78 is 0. The van der Waals surface area contributed by atoms with E-state index >= 15 is 0 Å². The fourth-order valence-electron chi connectivity index (χ4n) is 3.99. The third kappa shape index (κ3) is 2.30. The number of hydrazone groups is 1. The summed E-state index contributed by atoms with van der Waals surface area (Å²) in [6.07, 6.45) is 1.65. The van der Waals surface area contributed by atoms with Gasteiger partial charge >= 0.3 is 5.69 Å². The van der Waals surface area contributed by atoms with Gasteiger partial charge in [0.05, 0.1) is 15.9 Å². The summed E-state index contributed by atoms with van der Waals surface area (Å²) in [6.45, 7) is 6.07. The predicted molar refractivity (Wildman–Crippen MR) is 90.4 cm³/mol. The van der Waals surface area contributed by atoms with Gasteiger partial charge in [0.15, 0.2) is 5.78 Å². The van der Waals surface area contributed by atoms with E-state index in [1.54, 1.807) is 0 Å². The van der Waals surface area contributed by atoms with Crippen molar-refractivity contribution in [3.63, 3.8) is 0 Å². The van der Waals surface area contributed by atoms with E-state index in [0.29, 0.717) is 5.71 Å². The lowest BCUT2D eigenvalue weighted by Crippen LogP contribution is -2.34. The first-order valence-electron chi connectivity index (χ1n) is 7.91. The Bertz CT molecular complexity index is 832. The molecule has 0 aromatic heterocycles. The number of fused-ring (bicyclic) bond motifs is 2. The number of benzene rings is 1. The molecule has 1 N–H and O–H groups in total. The van der Waals surface area contributed by atoms with Crippen molar-refractivity contribution in [3.05, 3.63) is 38.4 Å². The van der Waals surface area contributed by atoms with Gasteiger partial charge in [-0.3, -0.25) is 30.4 Å². The first-order chi connectivity index (χ1) is 11.6. The highest BCUT2D eigenvalue weighted by Crippen LogP contribution is 2.62. The molecule has 2 atom stereocenters. The second-order valence-electron chi connectivity index (χ2n) is 7.30. The minimum absolute atomic E-state index is 0.0140. The molecule has 25 heavy (non-hydrogen) atoms. The van der Waals surface area contributed by atoms with Gasteiger partial charge in [-0.1, -0.05) is 20.8 Å². The third-order valence-corrected chi connectivity index (χ3v) is 5.98. The molecule has 2 bridgehead atoms. The minimum atomic E-state index is -0.718. The van der Waals surface area contributed by atoms with Crippen LogP contribution in [0.1, 0.15) is 33.6 Å². The third-order valence-electron chi connectivity index (χ3n) is 5.98. The Labute approximate surface area is 143 Å². The van der Waals surface area contributed by atoms with Crippen LogP contribution >= 0.6 is 0 Å². The van der Waals surface area contributed by atoms with Crippen molar-refractivity contribution in [2.24, 2.45) is 21.8 Å². The second kappa shape index (κ2) is 5.33. The fourth-order valence-corrected chi connectivity index (χ4v) is 3.99. The van der Waals surface area contributed by atoms with Gasteiger partial charge in [0.2, 0.25) is 0 Å². The SMILES string of the molecule is CC1(C)[C@@H]2CC[C@]1(C)/C(=N\Nc1ccc([N+](=O)[O-])cc1[N+](=O)[O-])C2=O. The minimum Gasteiger partial charge on any atom is -0.292 e. The molecule has 9 nitrogen and oxygen atoms in total. The van der Waals surface area contributed by atoms with Crippen LogP contribution < -0.4 is 5.43 Å². The number of Topliss-reactive ketones (excluding diaryl/α,β-unsaturated/α-hetero) is 1. The standard InChI is InChI=1S/C16H18N4O5/c1-15(2)10-6-7-16(15,3)14(13(10)21)18-17-11-5-4-9(19(22)23)8-12(11)20(24)25/h4-5,8,10,17H,6-7H2,1-3H3/b18-14-/t10-,16-/m1/s1. The number of hydrogen-bond acceptors (Lipinski definition) is 7. The van der Waals surface area contributed by atoms with Gasteiger partial charge in [-0.05, 0) is 24.3 Å². The summed E-state index contributed by atoms with van der Waals surface area (Å²) in [7, 11) is 0. The number of rotatable bonds is 4. The molecule has 0 heterocycles. The normalized spacial score (nSPS) is 28.4. The van der Waals surface area contributed by atoms with E-state index in [-0.39, 0.29) is 28.5 Å². The fraction of sp³-hybridized carbons (Fsp3) is 0.500. The molecule has 0 amide bonds. The highest BCUT2D eigenvalue weighted by molar-refractivity contribution is 6.45. The first kappa shape index (κ1) is 17.0. The monoisotopic (exact) mass is 346 g/mol.